The first-order valence-corrected chi connectivity index (χ1v) is 10.9. The Labute approximate surface area is 156 Å². The highest BCUT2D eigenvalue weighted by Gasteiger charge is 2.32. The van der Waals surface area contributed by atoms with Gasteiger partial charge in [0.2, 0.25) is 10.0 Å². The third kappa shape index (κ3) is 4.13. The van der Waals surface area contributed by atoms with Crippen LogP contribution in [0.2, 0.25) is 0 Å². The summed E-state index contributed by atoms with van der Waals surface area (Å²) in [5.74, 6) is 0.0363. The van der Waals surface area contributed by atoms with Gasteiger partial charge in [-0.2, -0.15) is 0 Å². The molecule has 8 nitrogen and oxygen atoms in total. The number of aromatic nitrogens is 2. The van der Waals surface area contributed by atoms with Crippen LogP contribution in [0.5, 0.6) is 0 Å². The molecule has 10 heteroatoms. The summed E-state index contributed by atoms with van der Waals surface area (Å²) in [5.41, 5.74) is 0. The molecule has 1 unspecified atom stereocenters. The molecule has 1 aliphatic heterocycles. The summed E-state index contributed by atoms with van der Waals surface area (Å²) in [6.07, 6.45) is 0.255. The molecule has 1 saturated heterocycles. The van der Waals surface area contributed by atoms with Crippen molar-refractivity contribution >= 4 is 27.3 Å². The number of sulfonamides is 1. The molecule has 1 aliphatic rings. The van der Waals surface area contributed by atoms with Crippen molar-refractivity contribution in [1.29, 1.82) is 0 Å². The number of hydrogen-bond acceptors (Lipinski definition) is 8. The molecule has 0 amide bonds. The van der Waals surface area contributed by atoms with Crippen molar-refractivity contribution < 1.29 is 22.4 Å². The summed E-state index contributed by atoms with van der Waals surface area (Å²) in [4.78, 5) is 13.2. The van der Waals surface area contributed by atoms with Gasteiger partial charge >= 0.3 is 5.97 Å². The molecule has 0 aromatic carbocycles. The first-order chi connectivity index (χ1) is 12.4. The number of carbonyl (C=O) groups excluding carboxylic acids is 1. The predicted molar refractivity (Wildman–Crippen MR) is 95.9 cm³/mol. The van der Waals surface area contributed by atoms with Gasteiger partial charge in [0.25, 0.3) is 11.8 Å². The van der Waals surface area contributed by atoms with E-state index in [1.54, 1.807) is 13.8 Å². The number of nitrogens with zero attached hydrogens (tertiary/aromatic N) is 3. The van der Waals surface area contributed by atoms with E-state index in [0.717, 1.165) is 4.88 Å². The lowest BCUT2D eigenvalue weighted by atomic mass is 9.98. The molecular formula is C16H21N3O5S2. The van der Waals surface area contributed by atoms with E-state index in [9.17, 15) is 13.2 Å². The largest absolute Gasteiger partial charge is 0.452 e. The van der Waals surface area contributed by atoms with E-state index in [0.29, 0.717) is 31.8 Å². The van der Waals surface area contributed by atoms with E-state index in [1.165, 1.54) is 15.6 Å². The maximum absolute atomic E-state index is 12.4. The zero-order valence-corrected chi connectivity index (χ0v) is 16.3. The smallest absolute Gasteiger partial charge is 0.309 e. The van der Waals surface area contributed by atoms with Gasteiger partial charge in [0.1, 0.15) is 0 Å². The Morgan fingerprint density at radius 1 is 1.42 bits per heavy atom. The lowest BCUT2D eigenvalue weighted by Crippen LogP contribution is -2.41. The van der Waals surface area contributed by atoms with Gasteiger partial charge in [-0.05, 0) is 38.1 Å². The van der Waals surface area contributed by atoms with Crippen LogP contribution in [0.3, 0.4) is 0 Å². The Kier molecular flexibility index (Phi) is 5.73. The monoisotopic (exact) mass is 399 g/mol. The molecule has 0 spiro atoms. The third-order valence-corrected chi connectivity index (χ3v) is 7.10. The molecule has 142 valence electrons. The topological polar surface area (TPSA) is 103 Å². The molecular weight excluding hydrogens is 378 g/mol. The van der Waals surface area contributed by atoms with Crippen LogP contribution in [0, 0.1) is 5.92 Å². The fraction of sp³-hybridized carbons (Fsp3) is 0.562. The number of hydrogen-bond donors (Lipinski definition) is 0. The normalized spacial score (nSPS) is 17.9. The van der Waals surface area contributed by atoms with Gasteiger partial charge in [0.15, 0.2) is 6.10 Å². The zero-order valence-electron chi connectivity index (χ0n) is 14.6. The molecule has 1 fully saturated rings. The lowest BCUT2D eigenvalue weighted by molar-refractivity contribution is -0.156. The van der Waals surface area contributed by atoms with E-state index in [2.05, 4.69) is 10.2 Å². The molecule has 0 radical (unpaired) electrons. The maximum Gasteiger partial charge on any atom is 0.309 e. The van der Waals surface area contributed by atoms with Gasteiger partial charge in [-0.15, -0.1) is 21.5 Å². The standard InChI is InChI=1S/C16H21N3O5S2/c1-3-26(21,22)19-8-6-12(7-9-19)16(20)23-11(2)14-17-18-15(24-14)13-5-4-10-25-13/h4-5,10-12H,3,6-9H2,1-2H3. The number of rotatable bonds is 6. The second kappa shape index (κ2) is 7.85. The lowest BCUT2D eigenvalue weighted by Gasteiger charge is -2.30. The first kappa shape index (κ1) is 19.0. The number of esters is 1. The highest BCUT2D eigenvalue weighted by atomic mass is 32.2. The van der Waals surface area contributed by atoms with E-state index < -0.39 is 16.1 Å². The first-order valence-electron chi connectivity index (χ1n) is 8.46. The molecule has 0 bridgehead atoms. The van der Waals surface area contributed by atoms with Crippen LogP contribution in [-0.4, -0.2) is 47.7 Å². The van der Waals surface area contributed by atoms with E-state index in [1.807, 2.05) is 17.5 Å². The summed E-state index contributed by atoms with van der Waals surface area (Å²) in [7, 11) is -3.21. The van der Waals surface area contributed by atoms with Crippen LogP contribution in [0.15, 0.2) is 21.9 Å². The molecule has 3 rings (SSSR count). The Hall–Kier alpha value is -1.78. The minimum absolute atomic E-state index is 0.0723. The minimum atomic E-state index is -3.21. The molecule has 2 aromatic heterocycles. The van der Waals surface area contributed by atoms with Crippen molar-refractivity contribution in [2.24, 2.45) is 5.92 Å². The molecule has 0 saturated carbocycles. The van der Waals surface area contributed by atoms with Crippen molar-refractivity contribution in [2.75, 3.05) is 18.8 Å². The summed E-state index contributed by atoms with van der Waals surface area (Å²) in [6, 6.07) is 3.76. The average molecular weight is 399 g/mol. The van der Waals surface area contributed by atoms with Crippen LogP contribution >= 0.6 is 11.3 Å². The quantitative estimate of drug-likeness (QED) is 0.687. The molecule has 3 heterocycles. The summed E-state index contributed by atoms with van der Waals surface area (Å²) >= 11 is 1.48. The molecule has 0 N–H and O–H groups in total. The van der Waals surface area contributed by atoms with Crippen LogP contribution in [0.4, 0.5) is 0 Å². The minimum Gasteiger partial charge on any atom is -0.452 e. The van der Waals surface area contributed by atoms with E-state index in [-0.39, 0.29) is 23.5 Å². The fourth-order valence-corrected chi connectivity index (χ4v) is 4.55. The summed E-state index contributed by atoms with van der Waals surface area (Å²) in [5, 5.41) is 9.84. The molecule has 1 atom stereocenters. The second-order valence-electron chi connectivity index (χ2n) is 6.08. The van der Waals surface area contributed by atoms with Gasteiger partial charge in [0.05, 0.1) is 16.5 Å². The highest BCUT2D eigenvalue weighted by Crippen LogP contribution is 2.27. The number of thiophene rings is 1. The molecule has 26 heavy (non-hydrogen) atoms. The van der Waals surface area contributed by atoms with Gasteiger partial charge in [0, 0.05) is 13.1 Å². The van der Waals surface area contributed by atoms with Crippen molar-refractivity contribution in [3.63, 3.8) is 0 Å². The van der Waals surface area contributed by atoms with Crippen LogP contribution in [0.25, 0.3) is 10.8 Å². The summed E-state index contributed by atoms with van der Waals surface area (Å²) < 4.78 is 36.2. The maximum atomic E-state index is 12.4. The fourth-order valence-electron chi connectivity index (χ4n) is 2.77. The second-order valence-corrected chi connectivity index (χ2v) is 9.28. The number of ether oxygens (including phenoxy) is 1. The van der Waals surface area contributed by atoms with Crippen LogP contribution in [0.1, 0.15) is 38.7 Å². The SMILES string of the molecule is CCS(=O)(=O)N1CCC(C(=O)OC(C)c2nnc(-c3cccs3)o2)CC1. The summed E-state index contributed by atoms with van der Waals surface area (Å²) in [6.45, 7) is 3.98. The number of piperidine rings is 1. The Balaban J connectivity index is 1.55. The Bertz CT molecular complexity index is 839. The van der Waals surface area contributed by atoms with E-state index in [4.69, 9.17) is 9.15 Å². The molecule has 0 aliphatic carbocycles. The zero-order chi connectivity index (χ0) is 18.7. The van der Waals surface area contributed by atoms with Crippen molar-refractivity contribution in [3.8, 4) is 10.8 Å². The number of carbonyl (C=O) groups is 1. The van der Waals surface area contributed by atoms with Crippen LogP contribution < -0.4 is 0 Å². The van der Waals surface area contributed by atoms with Gasteiger partial charge in [-0.1, -0.05) is 6.07 Å². The third-order valence-electron chi connectivity index (χ3n) is 4.36. The van der Waals surface area contributed by atoms with Gasteiger partial charge < -0.3 is 9.15 Å². The van der Waals surface area contributed by atoms with Gasteiger partial charge in [-0.3, -0.25) is 4.79 Å². The van der Waals surface area contributed by atoms with Crippen LogP contribution in [-0.2, 0) is 19.6 Å². The molecule has 2 aromatic rings. The van der Waals surface area contributed by atoms with Crippen molar-refractivity contribution in [1.82, 2.24) is 14.5 Å². The van der Waals surface area contributed by atoms with E-state index >= 15 is 0 Å². The van der Waals surface area contributed by atoms with Crippen molar-refractivity contribution in [3.05, 3.63) is 23.4 Å². The Morgan fingerprint density at radius 2 is 2.15 bits per heavy atom. The predicted octanol–water partition coefficient (Wildman–Crippen LogP) is 2.46. The highest BCUT2D eigenvalue weighted by molar-refractivity contribution is 7.89. The van der Waals surface area contributed by atoms with Gasteiger partial charge in [-0.25, -0.2) is 12.7 Å². The average Bonchev–Trinajstić information content (AvgIpc) is 3.33. The Morgan fingerprint density at radius 3 is 2.77 bits per heavy atom. The van der Waals surface area contributed by atoms with Crippen molar-refractivity contribution in [2.45, 2.75) is 32.8 Å².